The Morgan fingerprint density at radius 3 is 2.50 bits per heavy atom. The van der Waals surface area contributed by atoms with Gasteiger partial charge in [0.1, 0.15) is 0 Å². The van der Waals surface area contributed by atoms with E-state index in [1.165, 1.54) is 6.20 Å². The number of carbonyl (C=O) groups is 2. The molecule has 2 aromatic rings. The van der Waals surface area contributed by atoms with Gasteiger partial charge in [0, 0.05) is 36.6 Å². The molecular weight excluding hydrogens is 399 g/mol. The molecule has 0 radical (unpaired) electrons. The maximum atomic E-state index is 12.3. The molecule has 1 aliphatic carbocycles. The van der Waals surface area contributed by atoms with Crippen molar-refractivity contribution >= 4 is 42.3 Å². The Labute approximate surface area is 177 Å². The molecule has 2 unspecified atom stereocenters. The summed E-state index contributed by atoms with van der Waals surface area (Å²) in [5.74, 6) is -0.0984. The Balaban J connectivity index is 0.00000196. The number of aromatic nitrogens is 1. The topological polar surface area (TPSA) is 97.1 Å². The second-order valence-corrected chi connectivity index (χ2v) is 6.73. The third-order valence-electron chi connectivity index (χ3n) is 4.69. The van der Waals surface area contributed by atoms with Gasteiger partial charge in [-0.05, 0) is 49.1 Å². The van der Waals surface area contributed by atoms with E-state index < -0.39 is 0 Å². The molecule has 0 aliphatic heterocycles. The van der Waals surface area contributed by atoms with Gasteiger partial charge in [-0.25, -0.2) is 0 Å². The average Bonchev–Trinajstić information content (AvgIpc) is 2.68. The molecule has 2 amide bonds. The highest BCUT2D eigenvalue weighted by Gasteiger charge is 2.24. The second kappa shape index (κ2) is 11.6. The first-order valence-electron chi connectivity index (χ1n) is 8.95. The Hall–Kier alpha value is -2.15. The van der Waals surface area contributed by atoms with Gasteiger partial charge in [-0.1, -0.05) is 18.6 Å². The van der Waals surface area contributed by atoms with Crippen LogP contribution in [0.3, 0.4) is 0 Å². The van der Waals surface area contributed by atoms with Gasteiger partial charge in [-0.15, -0.1) is 24.8 Å². The van der Waals surface area contributed by atoms with E-state index in [9.17, 15) is 9.59 Å². The molecule has 1 aliphatic rings. The molecule has 152 valence electrons. The Morgan fingerprint density at radius 1 is 1.11 bits per heavy atom. The maximum Gasteiger partial charge on any atom is 0.257 e. The Morgan fingerprint density at radius 2 is 1.86 bits per heavy atom. The zero-order valence-electron chi connectivity index (χ0n) is 15.5. The first-order valence-corrected chi connectivity index (χ1v) is 8.95. The monoisotopic (exact) mass is 424 g/mol. The first-order chi connectivity index (χ1) is 12.6. The summed E-state index contributed by atoms with van der Waals surface area (Å²) in [6.07, 6.45) is 6.86. The van der Waals surface area contributed by atoms with Gasteiger partial charge >= 0.3 is 0 Å². The number of amides is 2. The van der Waals surface area contributed by atoms with Crippen molar-refractivity contribution in [1.82, 2.24) is 10.3 Å². The van der Waals surface area contributed by atoms with Crippen LogP contribution in [0.4, 0.5) is 5.69 Å². The standard InChI is InChI=1S/C20H24N4O2.2ClH/c21-17-5-1-3-15(11-17)19(25)23-12-14-6-8-18(9-7-14)24-20(26)16-4-2-10-22-13-16;;/h2,4,6-10,13,15,17H,1,3,5,11-12,21H2,(H,23,25)(H,24,26);2*1H. The van der Waals surface area contributed by atoms with Crippen molar-refractivity contribution < 1.29 is 9.59 Å². The van der Waals surface area contributed by atoms with Crippen molar-refractivity contribution in [3.8, 4) is 0 Å². The van der Waals surface area contributed by atoms with Gasteiger partial charge in [-0.2, -0.15) is 0 Å². The van der Waals surface area contributed by atoms with E-state index in [0.717, 1.165) is 31.2 Å². The number of pyridine rings is 1. The van der Waals surface area contributed by atoms with E-state index >= 15 is 0 Å². The summed E-state index contributed by atoms with van der Waals surface area (Å²) in [4.78, 5) is 28.3. The number of hydrogen-bond acceptors (Lipinski definition) is 4. The molecule has 2 atom stereocenters. The number of nitrogens with one attached hydrogen (secondary N) is 2. The third kappa shape index (κ3) is 6.78. The lowest BCUT2D eigenvalue weighted by atomic mass is 9.85. The van der Waals surface area contributed by atoms with Crippen molar-refractivity contribution in [2.45, 2.75) is 38.3 Å². The molecule has 1 saturated carbocycles. The number of rotatable bonds is 5. The van der Waals surface area contributed by atoms with Crippen LogP contribution in [0, 0.1) is 5.92 Å². The SMILES string of the molecule is Cl.Cl.NC1CCCC(C(=O)NCc2ccc(NC(=O)c3cccnc3)cc2)C1. The largest absolute Gasteiger partial charge is 0.352 e. The van der Waals surface area contributed by atoms with Gasteiger partial charge in [0.05, 0.1) is 5.56 Å². The molecule has 1 aromatic carbocycles. The fourth-order valence-electron chi connectivity index (χ4n) is 3.21. The molecule has 4 N–H and O–H groups in total. The number of hydrogen-bond donors (Lipinski definition) is 3. The maximum absolute atomic E-state index is 12.3. The molecule has 0 saturated heterocycles. The fourth-order valence-corrected chi connectivity index (χ4v) is 3.21. The third-order valence-corrected chi connectivity index (χ3v) is 4.69. The second-order valence-electron chi connectivity index (χ2n) is 6.73. The normalized spacial score (nSPS) is 18.2. The number of anilines is 1. The van der Waals surface area contributed by atoms with E-state index in [1.54, 1.807) is 18.3 Å². The smallest absolute Gasteiger partial charge is 0.257 e. The molecule has 1 aromatic heterocycles. The van der Waals surface area contributed by atoms with E-state index in [2.05, 4.69) is 15.6 Å². The van der Waals surface area contributed by atoms with Crippen LogP contribution in [0.15, 0.2) is 48.8 Å². The lowest BCUT2D eigenvalue weighted by Gasteiger charge is -2.25. The fraction of sp³-hybridized carbons (Fsp3) is 0.350. The Kier molecular flexibility index (Phi) is 9.93. The van der Waals surface area contributed by atoms with E-state index in [1.807, 2.05) is 24.3 Å². The summed E-state index contributed by atoms with van der Waals surface area (Å²) >= 11 is 0. The highest BCUT2D eigenvalue weighted by atomic mass is 35.5. The number of nitrogens with two attached hydrogens (primary N) is 1. The van der Waals surface area contributed by atoms with Crippen molar-refractivity contribution in [3.05, 3.63) is 59.9 Å². The van der Waals surface area contributed by atoms with Gasteiger partial charge < -0.3 is 16.4 Å². The minimum Gasteiger partial charge on any atom is -0.352 e. The minimum absolute atomic E-state index is 0. The molecule has 0 bridgehead atoms. The predicted octanol–water partition coefficient (Wildman–Crippen LogP) is 3.31. The lowest BCUT2D eigenvalue weighted by Crippen LogP contribution is -2.37. The number of nitrogens with zero attached hydrogens (tertiary/aromatic N) is 1. The van der Waals surface area contributed by atoms with Gasteiger partial charge in [-0.3, -0.25) is 14.6 Å². The molecule has 3 rings (SSSR count). The summed E-state index contributed by atoms with van der Waals surface area (Å²) in [5.41, 5.74) is 8.14. The summed E-state index contributed by atoms with van der Waals surface area (Å²) in [6, 6.07) is 11.0. The molecule has 0 spiro atoms. The van der Waals surface area contributed by atoms with Gasteiger partial charge in [0.2, 0.25) is 5.91 Å². The summed E-state index contributed by atoms with van der Waals surface area (Å²) in [7, 11) is 0. The highest BCUT2D eigenvalue weighted by Crippen LogP contribution is 2.23. The quantitative estimate of drug-likeness (QED) is 0.685. The van der Waals surface area contributed by atoms with Crippen LogP contribution in [0.2, 0.25) is 0 Å². The number of halogens is 2. The van der Waals surface area contributed by atoms with Crippen LogP contribution in [0.25, 0.3) is 0 Å². The van der Waals surface area contributed by atoms with E-state index in [0.29, 0.717) is 17.8 Å². The van der Waals surface area contributed by atoms with Crippen molar-refractivity contribution in [1.29, 1.82) is 0 Å². The molecule has 8 heteroatoms. The van der Waals surface area contributed by atoms with Crippen molar-refractivity contribution in [3.63, 3.8) is 0 Å². The van der Waals surface area contributed by atoms with Crippen LogP contribution < -0.4 is 16.4 Å². The molecule has 1 heterocycles. The lowest BCUT2D eigenvalue weighted by molar-refractivity contribution is -0.126. The van der Waals surface area contributed by atoms with Crippen LogP contribution in [-0.2, 0) is 11.3 Å². The van der Waals surface area contributed by atoms with Gasteiger partial charge in [0.25, 0.3) is 5.91 Å². The number of carbonyl (C=O) groups excluding carboxylic acids is 2. The molecule has 1 fully saturated rings. The van der Waals surface area contributed by atoms with Crippen LogP contribution >= 0.6 is 24.8 Å². The van der Waals surface area contributed by atoms with Crippen LogP contribution in [-0.4, -0.2) is 22.8 Å². The molecule has 28 heavy (non-hydrogen) atoms. The van der Waals surface area contributed by atoms with Crippen LogP contribution in [0.5, 0.6) is 0 Å². The average molecular weight is 425 g/mol. The Bertz CT molecular complexity index is 757. The van der Waals surface area contributed by atoms with E-state index in [4.69, 9.17) is 5.73 Å². The van der Waals surface area contributed by atoms with E-state index in [-0.39, 0.29) is 48.6 Å². The molecule has 6 nitrogen and oxygen atoms in total. The summed E-state index contributed by atoms with van der Waals surface area (Å²) in [5, 5.41) is 5.81. The highest BCUT2D eigenvalue weighted by molar-refractivity contribution is 6.04. The van der Waals surface area contributed by atoms with Crippen LogP contribution in [0.1, 0.15) is 41.6 Å². The summed E-state index contributed by atoms with van der Waals surface area (Å²) < 4.78 is 0. The number of benzene rings is 1. The zero-order valence-corrected chi connectivity index (χ0v) is 17.1. The first kappa shape index (κ1) is 23.9. The molecular formula is C20H26Cl2N4O2. The predicted molar refractivity (Wildman–Crippen MR) is 115 cm³/mol. The van der Waals surface area contributed by atoms with Gasteiger partial charge in [0.15, 0.2) is 0 Å². The van der Waals surface area contributed by atoms with Crippen molar-refractivity contribution in [2.75, 3.05) is 5.32 Å². The summed E-state index contributed by atoms with van der Waals surface area (Å²) in [6.45, 7) is 0.474. The zero-order chi connectivity index (χ0) is 18.4. The van der Waals surface area contributed by atoms with Crippen molar-refractivity contribution in [2.24, 2.45) is 11.7 Å². The minimum atomic E-state index is -0.201.